The van der Waals surface area contributed by atoms with E-state index in [1.165, 1.54) is 51.4 Å². The van der Waals surface area contributed by atoms with E-state index in [4.69, 9.17) is 5.73 Å². The first-order valence-corrected chi connectivity index (χ1v) is 8.80. The molecule has 4 unspecified atom stereocenters. The third kappa shape index (κ3) is 3.03. The molecule has 0 aromatic rings. The molecular formula is C17H30N2O. The van der Waals surface area contributed by atoms with Crippen molar-refractivity contribution in [3.8, 4) is 0 Å². The fourth-order valence-electron chi connectivity index (χ4n) is 4.68. The summed E-state index contributed by atoms with van der Waals surface area (Å²) in [6, 6.07) is 0.106. The van der Waals surface area contributed by atoms with E-state index >= 15 is 0 Å². The second kappa shape index (κ2) is 6.46. The first-order chi connectivity index (χ1) is 9.75. The molecule has 1 amide bonds. The van der Waals surface area contributed by atoms with Crippen molar-refractivity contribution in [1.29, 1.82) is 0 Å². The van der Waals surface area contributed by atoms with Crippen molar-refractivity contribution in [3.05, 3.63) is 0 Å². The molecule has 0 aromatic heterocycles. The van der Waals surface area contributed by atoms with E-state index in [-0.39, 0.29) is 12.0 Å². The number of nitrogens with two attached hydrogens (primary N) is 1. The summed E-state index contributed by atoms with van der Waals surface area (Å²) in [5, 5.41) is 0. The van der Waals surface area contributed by atoms with Crippen molar-refractivity contribution < 1.29 is 4.79 Å². The molecule has 1 heterocycles. The van der Waals surface area contributed by atoms with Crippen LogP contribution >= 0.6 is 0 Å². The van der Waals surface area contributed by atoms with Gasteiger partial charge in [-0.05, 0) is 37.5 Å². The van der Waals surface area contributed by atoms with Crippen LogP contribution in [0.1, 0.15) is 64.2 Å². The number of rotatable bonds is 1. The molecule has 2 N–H and O–H groups in total. The molecule has 0 bridgehead atoms. The van der Waals surface area contributed by atoms with Gasteiger partial charge >= 0.3 is 0 Å². The van der Waals surface area contributed by atoms with Gasteiger partial charge in [-0.3, -0.25) is 4.79 Å². The Balaban J connectivity index is 1.61. The number of nitrogens with zero attached hydrogens (tertiary/aromatic N) is 1. The highest BCUT2D eigenvalue weighted by atomic mass is 16.2. The van der Waals surface area contributed by atoms with Crippen LogP contribution in [0.4, 0.5) is 0 Å². The van der Waals surface area contributed by atoms with Crippen molar-refractivity contribution in [3.63, 3.8) is 0 Å². The van der Waals surface area contributed by atoms with Crippen LogP contribution < -0.4 is 5.73 Å². The molecular weight excluding hydrogens is 248 g/mol. The molecule has 1 saturated heterocycles. The Morgan fingerprint density at radius 2 is 1.55 bits per heavy atom. The van der Waals surface area contributed by atoms with E-state index in [2.05, 4.69) is 4.90 Å². The second-order valence-electron chi connectivity index (χ2n) is 7.29. The Kier molecular flexibility index (Phi) is 4.65. The first-order valence-electron chi connectivity index (χ1n) is 8.80. The summed E-state index contributed by atoms with van der Waals surface area (Å²) in [7, 11) is 0. The van der Waals surface area contributed by atoms with Crippen LogP contribution in [0.25, 0.3) is 0 Å². The van der Waals surface area contributed by atoms with E-state index < -0.39 is 0 Å². The fraction of sp³-hybridized carbons (Fsp3) is 0.941. The summed E-state index contributed by atoms with van der Waals surface area (Å²) in [5.41, 5.74) is 6.27. The number of hydrogen-bond acceptors (Lipinski definition) is 2. The Hall–Kier alpha value is -0.570. The quantitative estimate of drug-likeness (QED) is 0.750. The zero-order valence-corrected chi connectivity index (χ0v) is 12.7. The molecule has 4 atom stereocenters. The fourth-order valence-corrected chi connectivity index (χ4v) is 4.68. The van der Waals surface area contributed by atoms with E-state index in [9.17, 15) is 4.79 Å². The molecule has 0 radical (unpaired) electrons. The minimum absolute atomic E-state index is 0.106. The standard InChI is InChI=1S/C17H30N2O/c18-16-9-3-1-2-8-15(16)17(20)19-11-10-13-6-4-5-7-14(13)12-19/h13-16H,1-12,18H2. The molecule has 3 rings (SSSR count). The normalized spacial score (nSPS) is 39.0. The van der Waals surface area contributed by atoms with Gasteiger partial charge in [-0.15, -0.1) is 0 Å². The van der Waals surface area contributed by atoms with Gasteiger partial charge in [0.05, 0.1) is 5.92 Å². The topological polar surface area (TPSA) is 46.3 Å². The van der Waals surface area contributed by atoms with E-state index in [0.717, 1.165) is 37.8 Å². The lowest BCUT2D eigenvalue weighted by molar-refractivity contribution is -0.139. The van der Waals surface area contributed by atoms with Crippen LogP contribution in [0.3, 0.4) is 0 Å². The van der Waals surface area contributed by atoms with Crippen LogP contribution in [0, 0.1) is 17.8 Å². The van der Waals surface area contributed by atoms with Crippen molar-refractivity contribution in [1.82, 2.24) is 4.90 Å². The summed E-state index contributed by atoms with van der Waals surface area (Å²) in [5.74, 6) is 2.17. The van der Waals surface area contributed by atoms with Gasteiger partial charge in [0.1, 0.15) is 0 Å². The van der Waals surface area contributed by atoms with Gasteiger partial charge in [-0.25, -0.2) is 0 Å². The summed E-state index contributed by atoms with van der Waals surface area (Å²) >= 11 is 0. The summed E-state index contributed by atoms with van der Waals surface area (Å²) in [6.45, 7) is 2.01. The van der Waals surface area contributed by atoms with Crippen LogP contribution in [0.2, 0.25) is 0 Å². The minimum atomic E-state index is 0.106. The van der Waals surface area contributed by atoms with Gasteiger partial charge in [0.25, 0.3) is 0 Å². The zero-order chi connectivity index (χ0) is 13.9. The number of piperidine rings is 1. The molecule has 0 spiro atoms. The van der Waals surface area contributed by atoms with Crippen molar-refractivity contribution in [2.75, 3.05) is 13.1 Å². The van der Waals surface area contributed by atoms with Gasteiger partial charge in [0.15, 0.2) is 0 Å². The van der Waals surface area contributed by atoms with Crippen LogP contribution in [0.5, 0.6) is 0 Å². The summed E-state index contributed by atoms with van der Waals surface area (Å²) in [4.78, 5) is 15.0. The lowest BCUT2D eigenvalue weighted by Gasteiger charge is -2.42. The largest absolute Gasteiger partial charge is 0.342 e. The molecule has 3 aliphatic rings. The van der Waals surface area contributed by atoms with Crippen molar-refractivity contribution in [2.24, 2.45) is 23.5 Å². The highest BCUT2D eigenvalue weighted by Crippen LogP contribution is 2.37. The lowest BCUT2D eigenvalue weighted by atomic mass is 9.75. The Morgan fingerprint density at radius 1 is 0.850 bits per heavy atom. The molecule has 3 fully saturated rings. The molecule has 2 saturated carbocycles. The molecule has 1 aliphatic heterocycles. The number of likely N-dealkylation sites (tertiary alicyclic amines) is 1. The monoisotopic (exact) mass is 278 g/mol. The minimum Gasteiger partial charge on any atom is -0.342 e. The maximum Gasteiger partial charge on any atom is 0.227 e. The Morgan fingerprint density at radius 3 is 2.40 bits per heavy atom. The average molecular weight is 278 g/mol. The Bertz CT molecular complexity index is 344. The number of carbonyl (C=O) groups excluding carboxylic acids is 1. The van der Waals surface area contributed by atoms with Crippen molar-refractivity contribution >= 4 is 5.91 Å². The smallest absolute Gasteiger partial charge is 0.227 e. The molecule has 20 heavy (non-hydrogen) atoms. The number of hydrogen-bond donors (Lipinski definition) is 1. The second-order valence-corrected chi connectivity index (χ2v) is 7.29. The number of amides is 1. The van der Waals surface area contributed by atoms with E-state index in [0.29, 0.717) is 5.91 Å². The van der Waals surface area contributed by atoms with E-state index in [1.807, 2.05) is 0 Å². The maximum absolute atomic E-state index is 12.8. The number of fused-ring (bicyclic) bond motifs is 1. The van der Waals surface area contributed by atoms with Crippen LogP contribution in [-0.2, 0) is 4.79 Å². The van der Waals surface area contributed by atoms with Gasteiger partial charge in [-0.2, -0.15) is 0 Å². The molecule has 3 nitrogen and oxygen atoms in total. The number of carbonyl (C=O) groups is 1. The molecule has 3 heteroatoms. The summed E-state index contributed by atoms with van der Waals surface area (Å²) < 4.78 is 0. The van der Waals surface area contributed by atoms with Gasteiger partial charge in [0.2, 0.25) is 5.91 Å². The van der Waals surface area contributed by atoms with E-state index in [1.54, 1.807) is 0 Å². The molecule has 0 aromatic carbocycles. The van der Waals surface area contributed by atoms with Crippen LogP contribution in [0.15, 0.2) is 0 Å². The SMILES string of the molecule is NC1CCCCCC1C(=O)N1CCC2CCCCC2C1. The van der Waals surface area contributed by atoms with Crippen LogP contribution in [-0.4, -0.2) is 29.9 Å². The van der Waals surface area contributed by atoms with Gasteiger partial charge < -0.3 is 10.6 Å². The highest BCUT2D eigenvalue weighted by Gasteiger charge is 2.36. The predicted octanol–water partition coefficient (Wildman–Crippen LogP) is 2.93. The highest BCUT2D eigenvalue weighted by molar-refractivity contribution is 5.79. The first kappa shape index (κ1) is 14.4. The lowest BCUT2D eigenvalue weighted by Crippen LogP contribution is -2.50. The third-order valence-electron chi connectivity index (χ3n) is 5.99. The van der Waals surface area contributed by atoms with Gasteiger partial charge in [0, 0.05) is 19.1 Å². The van der Waals surface area contributed by atoms with Gasteiger partial charge in [-0.1, -0.05) is 38.5 Å². The maximum atomic E-state index is 12.8. The average Bonchev–Trinajstić information content (AvgIpc) is 2.70. The molecule has 114 valence electrons. The summed E-state index contributed by atoms with van der Waals surface area (Å²) in [6.07, 6.45) is 12.4. The zero-order valence-electron chi connectivity index (χ0n) is 12.7. The van der Waals surface area contributed by atoms with Crippen molar-refractivity contribution in [2.45, 2.75) is 70.3 Å². The molecule has 2 aliphatic carbocycles. The Labute approximate surface area is 123 Å². The predicted molar refractivity (Wildman–Crippen MR) is 81.2 cm³/mol. The third-order valence-corrected chi connectivity index (χ3v) is 5.99.